The molecule has 2 amide bonds. The van der Waals surface area contributed by atoms with Gasteiger partial charge in [0.05, 0.1) is 10.7 Å². The lowest BCUT2D eigenvalue weighted by molar-refractivity contribution is -0.137. The third-order valence-corrected chi connectivity index (χ3v) is 4.22. The number of nitrogens with two attached hydrogens (primary N) is 1. The number of carbonyl (C=O) groups excluding carboxylic acids is 2. The largest absolute Gasteiger partial charge is 0.398 e. The van der Waals surface area contributed by atoms with Gasteiger partial charge in [0, 0.05) is 11.7 Å². The van der Waals surface area contributed by atoms with Crippen molar-refractivity contribution in [3.05, 3.63) is 23.2 Å². The first-order valence-corrected chi connectivity index (χ1v) is 7.52. The topological polar surface area (TPSA) is 84.2 Å². The van der Waals surface area contributed by atoms with Gasteiger partial charge in [-0.15, -0.1) is 0 Å². The highest BCUT2D eigenvalue weighted by Gasteiger charge is 2.25. The van der Waals surface area contributed by atoms with E-state index < -0.39 is 11.8 Å². The van der Waals surface area contributed by atoms with Crippen LogP contribution in [0.25, 0.3) is 0 Å². The molecule has 2 unspecified atom stereocenters. The standard InChI is InChI=1S/C15H20ClN3O2/c1-9-4-2-3-5-13(9)19-15(21)14(20)18-10-6-7-12(17)11(16)8-10/h6-9,13H,2-5,17H2,1H3,(H,18,20)(H,19,21). The van der Waals surface area contributed by atoms with Crippen LogP contribution >= 0.6 is 11.6 Å². The molecule has 1 aromatic carbocycles. The third kappa shape index (κ3) is 4.11. The molecule has 1 saturated carbocycles. The number of hydrogen-bond donors (Lipinski definition) is 3. The molecule has 6 heteroatoms. The van der Waals surface area contributed by atoms with Crippen LogP contribution in [0.5, 0.6) is 0 Å². The zero-order chi connectivity index (χ0) is 15.4. The Bertz CT molecular complexity index is 548. The van der Waals surface area contributed by atoms with Gasteiger partial charge in [0.15, 0.2) is 0 Å². The van der Waals surface area contributed by atoms with Crippen molar-refractivity contribution in [2.24, 2.45) is 5.92 Å². The first kappa shape index (κ1) is 15.6. The van der Waals surface area contributed by atoms with Crippen molar-refractivity contribution < 1.29 is 9.59 Å². The fourth-order valence-corrected chi connectivity index (χ4v) is 2.74. The van der Waals surface area contributed by atoms with Crippen LogP contribution in [0.3, 0.4) is 0 Å². The molecule has 2 rings (SSSR count). The van der Waals surface area contributed by atoms with E-state index in [1.807, 2.05) is 0 Å². The van der Waals surface area contributed by atoms with Gasteiger partial charge in [0.2, 0.25) is 0 Å². The summed E-state index contributed by atoms with van der Waals surface area (Å²) in [6, 6.07) is 4.78. The molecular weight excluding hydrogens is 290 g/mol. The third-order valence-electron chi connectivity index (χ3n) is 3.89. The van der Waals surface area contributed by atoms with E-state index >= 15 is 0 Å². The highest BCUT2D eigenvalue weighted by Crippen LogP contribution is 2.24. The minimum atomic E-state index is -0.686. The molecule has 0 saturated heterocycles. The molecule has 5 nitrogen and oxygen atoms in total. The molecule has 0 radical (unpaired) electrons. The second-order valence-corrected chi connectivity index (χ2v) is 5.94. The quantitative estimate of drug-likeness (QED) is 0.580. The van der Waals surface area contributed by atoms with Gasteiger partial charge in [0.25, 0.3) is 0 Å². The van der Waals surface area contributed by atoms with Crippen LogP contribution in [0, 0.1) is 5.92 Å². The Morgan fingerprint density at radius 3 is 2.62 bits per heavy atom. The Morgan fingerprint density at radius 2 is 1.95 bits per heavy atom. The Kier molecular flexibility index (Phi) is 5.07. The summed E-state index contributed by atoms with van der Waals surface area (Å²) in [6.45, 7) is 2.10. The Balaban J connectivity index is 1.93. The zero-order valence-corrected chi connectivity index (χ0v) is 12.7. The Labute approximate surface area is 129 Å². The van der Waals surface area contributed by atoms with Crippen molar-refractivity contribution in [2.45, 2.75) is 38.6 Å². The first-order valence-electron chi connectivity index (χ1n) is 7.14. The lowest BCUT2D eigenvalue weighted by atomic mass is 9.86. The van der Waals surface area contributed by atoms with E-state index in [1.54, 1.807) is 12.1 Å². The fourth-order valence-electron chi connectivity index (χ4n) is 2.56. The van der Waals surface area contributed by atoms with Crippen LogP contribution in [0.15, 0.2) is 18.2 Å². The predicted octanol–water partition coefficient (Wildman–Crippen LogP) is 2.56. The van der Waals surface area contributed by atoms with Gasteiger partial charge in [0.1, 0.15) is 0 Å². The second-order valence-electron chi connectivity index (χ2n) is 5.53. The van der Waals surface area contributed by atoms with Gasteiger partial charge in [-0.3, -0.25) is 9.59 Å². The molecule has 2 atom stereocenters. The van der Waals surface area contributed by atoms with Crippen LogP contribution < -0.4 is 16.4 Å². The normalized spacial score (nSPS) is 21.6. The van der Waals surface area contributed by atoms with Gasteiger partial charge >= 0.3 is 11.8 Å². The lowest BCUT2D eigenvalue weighted by Crippen LogP contribution is -2.45. The van der Waals surface area contributed by atoms with Gasteiger partial charge in [-0.1, -0.05) is 31.4 Å². The Hall–Kier alpha value is -1.75. The highest BCUT2D eigenvalue weighted by molar-refractivity contribution is 6.40. The van der Waals surface area contributed by atoms with E-state index in [1.165, 1.54) is 12.5 Å². The summed E-state index contributed by atoms with van der Waals surface area (Å²) in [5.41, 5.74) is 6.47. The SMILES string of the molecule is CC1CCCCC1NC(=O)C(=O)Nc1ccc(N)c(Cl)c1. The van der Waals surface area contributed by atoms with E-state index in [2.05, 4.69) is 17.6 Å². The minimum absolute atomic E-state index is 0.0759. The maximum Gasteiger partial charge on any atom is 0.313 e. The van der Waals surface area contributed by atoms with Crippen LogP contribution in [0.2, 0.25) is 5.02 Å². The number of hydrogen-bond acceptors (Lipinski definition) is 3. The molecule has 1 aromatic rings. The second kappa shape index (κ2) is 6.80. The maximum atomic E-state index is 11.9. The average Bonchev–Trinajstić information content (AvgIpc) is 2.45. The number of amides is 2. The highest BCUT2D eigenvalue weighted by atomic mass is 35.5. The summed E-state index contributed by atoms with van der Waals surface area (Å²) in [4.78, 5) is 23.8. The average molecular weight is 310 g/mol. The number of anilines is 2. The summed E-state index contributed by atoms with van der Waals surface area (Å²) in [5, 5.41) is 5.67. The summed E-state index contributed by atoms with van der Waals surface area (Å²) < 4.78 is 0. The van der Waals surface area contributed by atoms with Crippen molar-refractivity contribution >= 4 is 34.8 Å². The molecule has 1 aliphatic carbocycles. The molecule has 114 valence electrons. The van der Waals surface area contributed by atoms with E-state index in [-0.39, 0.29) is 6.04 Å². The van der Waals surface area contributed by atoms with Gasteiger partial charge in [-0.25, -0.2) is 0 Å². The van der Waals surface area contributed by atoms with Gasteiger partial charge in [-0.05, 0) is 37.0 Å². The lowest BCUT2D eigenvalue weighted by Gasteiger charge is -2.29. The number of nitrogen functional groups attached to an aromatic ring is 1. The van der Waals surface area contributed by atoms with E-state index in [9.17, 15) is 9.59 Å². The van der Waals surface area contributed by atoms with Crippen molar-refractivity contribution in [3.63, 3.8) is 0 Å². The summed E-state index contributed by atoms with van der Waals surface area (Å²) in [5.74, 6) is -0.892. The fraction of sp³-hybridized carbons (Fsp3) is 0.467. The van der Waals surface area contributed by atoms with E-state index in [0.717, 1.165) is 19.3 Å². The molecule has 0 bridgehead atoms. The van der Waals surface area contributed by atoms with Crippen LogP contribution in [0.4, 0.5) is 11.4 Å². The van der Waals surface area contributed by atoms with E-state index in [0.29, 0.717) is 22.3 Å². The molecule has 1 fully saturated rings. The molecule has 4 N–H and O–H groups in total. The van der Waals surface area contributed by atoms with Crippen molar-refractivity contribution in [2.75, 3.05) is 11.1 Å². The number of carbonyl (C=O) groups is 2. The monoisotopic (exact) mass is 309 g/mol. The molecule has 0 heterocycles. The number of rotatable bonds is 2. The molecule has 0 aromatic heterocycles. The van der Waals surface area contributed by atoms with Crippen LogP contribution in [-0.4, -0.2) is 17.9 Å². The maximum absolute atomic E-state index is 11.9. The predicted molar refractivity (Wildman–Crippen MR) is 84.1 cm³/mol. The van der Waals surface area contributed by atoms with Crippen molar-refractivity contribution in [3.8, 4) is 0 Å². The van der Waals surface area contributed by atoms with Crippen LogP contribution in [0.1, 0.15) is 32.6 Å². The summed E-state index contributed by atoms with van der Waals surface area (Å²) in [6.07, 6.45) is 4.28. The minimum Gasteiger partial charge on any atom is -0.398 e. The van der Waals surface area contributed by atoms with E-state index in [4.69, 9.17) is 17.3 Å². The number of nitrogens with one attached hydrogen (secondary N) is 2. The number of halogens is 1. The summed E-state index contributed by atoms with van der Waals surface area (Å²) in [7, 11) is 0. The van der Waals surface area contributed by atoms with Crippen molar-refractivity contribution in [1.82, 2.24) is 5.32 Å². The molecule has 1 aliphatic rings. The first-order chi connectivity index (χ1) is 9.97. The van der Waals surface area contributed by atoms with Crippen molar-refractivity contribution in [1.29, 1.82) is 0 Å². The van der Waals surface area contributed by atoms with Gasteiger partial charge in [-0.2, -0.15) is 0 Å². The smallest absolute Gasteiger partial charge is 0.313 e. The molecule has 21 heavy (non-hydrogen) atoms. The Morgan fingerprint density at radius 1 is 1.24 bits per heavy atom. The molecular formula is C15H20ClN3O2. The number of benzene rings is 1. The van der Waals surface area contributed by atoms with Crippen LogP contribution in [-0.2, 0) is 9.59 Å². The van der Waals surface area contributed by atoms with Gasteiger partial charge < -0.3 is 16.4 Å². The molecule has 0 spiro atoms. The zero-order valence-electron chi connectivity index (χ0n) is 12.0. The molecule has 0 aliphatic heterocycles. The summed E-state index contributed by atoms with van der Waals surface area (Å²) >= 11 is 5.87.